The molecule has 6 nitrogen and oxygen atoms in total. The Kier molecular flexibility index (Phi) is 6.21. The zero-order valence-corrected chi connectivity index (χ0v) is 19.7. The smallest absolute Gasteiger partial charge is 0.408 e. The molecular formula is C26H35NO5. The molecule has 0 unspecified atom stereocenters. The standard InChI is InChI=1S/C26H35NO5/c1-16(2)11-12-21-25(5,32-21)23-17(3)20(13-14-26(23)15-30-26)31-24(29)27-22(18(4)28)19-9-7-6-8-10-19/h6-11,17,20-23H,12-15H2,1-5H3,(H,27,29)/t17-,20-,21-,22+,23-,25+,26+/m1/s1. The van der Waals surface area contributed by atoms with Crippen LogP contribution in [-0.4, -0.2) is 41.9 Å². The van der Waals surface area contributed by atoms with Gasteiger partial charge in [-0.3, -0.25) is 4.79 Å². The molecule has 1 spiro atoms. The van der Waals surface area contributed by atoms with Crippen LogP contribution in [0.4, 0.5) is 4.79 Å². The van der Waals surface area contributed by atoms with Crippen molar-refractivity contribution in [2.75, 3.05) is 6.61 Å². The maximum Gasteiger partial charge on any atom is 0.408 e. The number of ether oxygens (including phenoxy) is 3. The summed E-state index contributed by atoms with van der Waals surface area (Å²) >= 11 is 0. The molecule has 2 aliphatic heterocycles. The fourth-order valence-electron chi connectivity index (χ4n) is 5.65. The summed E-state index contributed by atoms with van der Waals surface area (Å²) in [6.07, 6.45) is 4.07. The molecule has 3 aliphatic rings. The molecule has 1 aromatic rings. The van der Waals surface area contributed by atoms with Crippen LogP contribution in [0, 0.1) is 11.8 Å². The second kappa shape index (κ2) is 8.64. The highest BCUT2D eigenvalue weighted by Crippen LogP contribution is 2.60. The zero-order valence-electron chi connectivity index (χ0n) is 19.7. The van der Waals surface area contributed by atoms with Gasteiger partial charge in [-0.15, -0.1) is 0 Å². The van der Waals surface area contributed by atoms with Gasteiger partial charge in [0.1, 0.15) is 12.1 Å². The lowest BCUT2D eigenvalue weighted by Crippen LogP contribution is -2.51. The summed E-state index contributed by atoms with van der Waals surface area (Å²) < 4.78 is 18.1. The number of allylic oxidation sites excluding steroid dienone is 1. The van der Waals surface area contributed by atoms with Crippen LogP contribution >= 0.6 is 0 Å². The number of hydrogen-bond acceptors (Lipinski definition) is 5. The number of carbonyl (C=O) groups excluding carboxylic acids is 2. The Morgan fingerprint density at radius 3 is 2.53 bits per heavy atom. The van der Waals surface area contributed by atoms with Crippen molar-refractivity contribution in [2.45, 2.75) is 83.3 Å². The number of rotatable bonds is 7. The molecule has 4 rings (SSSR count). The van der Waals surface area contributed by atoms with Crippen LogP contribution < -0.4 is 5.32 Å². The molecule has 1 N–H and O–H groups in total. The third kappa shape index (κ3) is 4.48. The summed E-state index contributed by atoms with van der Waals surface area (Å²) in [4.78, 5) is 24.9. The van der Waals surface area contributed by atoms with E-state index in [0.717, 1.165) is 31.4 Å². The Balaban J connectivity index is 1.43. The van der Waals surface area contributed by atoms with Crippen molar-refractivity contribution in [3.05, 3.63) is 47.5 Å². The lowest BCUT2D eigenvalue weighted by Gasteiger charge is -2.42. The van der Waals surface area contributed by atoms with Crippen LogP contribution in [0.5, 0.6) is 0 Å². The van der Waals surface area contributed by atoms with Crippen molar-refractivity contribution in [3.63, 3.8) is 0 Å². The molecule has 0 radical (unpaired) electrons. The maximum absolute atomic E-state index is 12.8. The summed E-state index contributed by atoms with van der Waals surface area (Å²) in [5, 5.41) is 2.77. The predicted octanol–water partition coefficient (Wildman–Crippen LogP) is 4.74. The Labute approximate surface area is 190 Å². The topological polar surface area (TPSA) is 80.5 Å². The van der Waals surface area contributed by atoms with Gasteiger partial charge >= 0.3 is 6.09 Å². The Morgan fingerprint density at radius 2 is 1.94 bits per heavy atom. The number of Topliss-reactive ketones (excluding diaryl/α,β-unsaturated/α-hetero) is 1. The second-order valence-corrected chi connectivity index (χ2v) is 10.1. The third-order valence-electron chi connectivity index (χ3n) is 7.44. The number of benzene rings is 1. The molecule has 1 saturated carbocycles. The van der Waals surface area contributed by atoms with Crippen LogP contribution in [0.1, 0.15) is 65.5 Å². The first-order valence-electron chi connectivity index (χ1n) is 11.6. The SMILES string of the molecule is CC(=O)[C@H](NC(=O)O[C@@H]1CC[C@]2(CO2)[C@@H]([C@@]2(C)O[C@@H]2CC=C(C)C)[C@@H]1C)c1ccccc1. The number of alkyl carbamates (subject to hydrolysis) is 1. The van der Waals surface area contributed by atoms with Gasteiger partial charge in [-0.25, -0.2) is 4.79 Å². The van der Waals surface area contributed by atoms with Crippen LogP contribution in [0.2, 0.25) is 0 Å². The van der Waals surface area contributed by atoms with E-state index in [4.69, 9.17) is 14.2 Å². The molecule has 0 bridgehead atoms. The quantitative estimate of drug-likeness (QED) is 0.488. The van der Waals surface area contributed by atoms with Crippen LogP contribution in [0.15, 0.2) is 42.0 Å². The molecule has 6 heteroatoms. The summed E-state index contributed by atoms with van der Waals surface area (Å²) in [6.45, 7) is 10.7. The fourth-order valence-corrected chi connectivity index (χ4v) is 5.65. The van der Waals surface area contributed by atoms with Crippen LogP contribution in [0.3, 0.4) is 0 Å². The molecule has 3 fully saturated rings. The lowest BCUT2D eigenvalue weighted by atomic mass is 9.64. The van der Waals surface area contributed by atoms with E-state index in [-0.39, 0.29) is 41.0 Å². The van der Waals surface area contributed by atoms with Crippen molar-refractivity contribution in [1.82, 2.24) is 5.32 Å². The van der Waals surface area contributed by atoms with E-state index < -0.39 is 12.1 Å². The summed E-state index contributed by atoms with van der Waals surface area (Å²) in [6, 6.07) is 8.53. The number of epoxide rings is 2. The van der Waals surface area contributed by atoms with E-state index in [9.17, 15) is 9.59 Å². The Morgan fingerprint density at radius 1 is 1.25 bits per heavy atom. The van der Waals surface area contributed by atoms with E-state index >= 15 is 0 Å². The third-order valence-corrected chi connectivity index (χ3v) is 7.44. The Bertz CT molecular complexity index is 889. The minimum absolute atomic E-state index is 0.0891. The number of carbonyl (C=O) groups is 2. The summed E-state index contributed by atoms with van der Waals surface area (Å²) in [5.41, 5.74) is 1.61. The molecule has 2 saturated heterocycles. The average Bonchev–Trinajstić information content (AvgIpc) is 3.65. The fraction of sp³-hybridized carbons (Fsp3) is 0.615. The first-order chi connectivity index (χ1) is 15.2. The predicted molar refractivity (Wildman–Crippen MR) is 121 cm³/mol. The first kappa shape index (κ1) is 23.0. The van der Waals surface area contributed by atoms with Crippen molar-refractivity contribution < 1.29 is 23.8 Å². The van der Waals surface area contributed by atoms with Gasteiger partial charge in [0.15, 0.2) is 5.78 Å². The highest BCUT2D eigenvalue weighted by Gasteiger charge is 2.70. The average molecular weight is 442 g/mol. The highest BCUT2D eigenvalue weighted by atomic mass is 16.6. The van der Waals surface area contributed by atoms with Crippen molar-refractivity contribution >= 4 is 11.9 Å². The molecule has 1 aromatic carbocycles. The van der Waals surface area contributed by atoms with Gasteiger partial charge in [-0.2, -0.15) is 0 Å². The normalized spacial score (nSPS) is 36.2. The van der Waals surface area contributed by atoms with E-state index in [1.54, 1.807) is 0 Å². The van der Waals surface area contributed by atoms with E-state index in [0.29, 0.717) is 0 Å². The minimum atomic E-state index is -0.714. The van der Waals surface area contributed by atoms with E-state index in [1.807, 2.05) is 30.3 Å². The molecular weight excluding hydrogens is 406 g/mol. The van der Waals surface area contributed by atoms with Crippen LogP contribution in [-0.2, 0) is 19.0 Å². The molecule has 174 valence electrons. The lowest BCUT2D eigenvalue weighted by molar-refractivity contribution is -0.119. The first-order valence-corrected chi connectivity index (χ1v) is 11.6. The molecule has 2 heterocycles. The van der Waals surface area contributed by atoms with Gasteiger partial charge in [0.2, 0.25) is 0 Å². The zero-order chi connectivity index (χ0) is 23.1. The van der Waals surface area contributed by atoms with Crippen LogP contribution in [0.25, 0.3) is 0 Å². The maximum atomic E-state index is 12.8. The van der Waals surface area contributed by atoms with Gasteiger partial charge in [0.25, 0.3) is 0 Å². The Hall–Kier alpha value is -2.18. The number of nitrogens with one attached hydrogen (secondary N) is 1. The van der Waals surface area contributed by atoms with Gasteiger partial charge in [-0.05, 0) is 52.5 Å². The molecule has 7 atom stereocenters. The minimum Gasteiger partial charge on any atom is -0.446 e. The van der Waals surface area contributed by atoms with Crippen molar-refractivity contribution in [3.8, 4) is 0 Å². The van der Waals surface area contributed by atoms with Gasteiger partial charge in [0.05, 0.1) is 23.9 Å². The molecule has 1 aliphatic carbocycles. The monoisotopic (exact) mass is 441 g/mol. The number of ketones is 1. The van der Waals surface area contributed by atoms with E-state index in [1.165, 1.54) is 12.5 Å². The largest absolute Gasteiger partial charge is 0.446 e. The second-order valence-electron chi connectivity index (χ2n) is 10.1. The number of amides is 1. The number of hydrogen-bond donors (Lipinski definition) is 1. The van der Waals surface area contributed by atoms with Gasteiger partial charge in [0, 0.05) is 11.8 Å². The molecule has 32 heavy (non-hydrogen) atoms. The van der Waals surface area contributed by atoms with Crippen molar-refractivity contribution in [1.29, 1.82) is 0 Å². The van der Waals surface area contributed by atoms with Gasteiger partial charge < -0.3 is 19.5 Å². The summed E-state index contributed by atoms with van der Waals surface area (Å²) in [5.74, 6) is 0.120. The van der Waals surface area contributed by atoms with E-state index in [2.05, 4.69) is 39.1 Å². The van der Waals surface area contributed by atoms with Crippen molar-refractivity contribution in [2.24, 2.45) is 11.8 Å². The highest BCUT2D eigenvalue weighted by molar-refractivity contribution is 5.86. The molecule has 1 amide bonds. The molecule has 0 aromatic heterocycles. The summed E-state index contributed by atoms with van der Waals surface area (Å²) in [7, 11) is 0. The van der Waals surface area contributed by atoms with Gasteiger partial charge in [-0.1, -0.05) is 48.9 Å².